The first kappa shape index (κ1) is 25.4. The normalized spacial score (nSPS) is 13.6. The molecule has 186 valence electrons. The Hall–Kier alpha value is -3.71. The number of carbonyl (C=O) groups excluding carboxylic acids is 2. The third kappa shape index (κ3) is 6.92. The van der Waals surface area contributed by atoms with E-state index in [2.05, 4.69) is 29.7 Å². The summed E-state index contributed by atoms with van der Waals surface area (Å²) in [5, 5.41) is 5.85. The van der Waals surface area contributed by atoms with Crippen LogP contribution in [0.1, 0.15) is 46.0 Å². The maximum Gasteiger partial charge on any atom is 0.257 e. The molecule has 2 N–H and O–H groups in total. The lowest BCUT2D eigenvalue weighted by Gasteiger charge is -2.30. The zero-order chi connectivity index (χ0) is 25.3. The molecule has 0 unspecified atom stereocenters. The second-order valence-electron chi connectivity index (χ2n) is 9.04. The number of anilines is 1. The van der Waals surface area contributed by atoms with Gasteiger partial charge in [0.05, 0.1) is 17.9 Å². The van der Waals surface area contributed by atoms with Crippen molar-refractivity contribution in [1.82, 2.24) is 10.2 Å². The fourth-order valence-corrected chi connectivity index (χ4v) is 4.33. The second kappa shape index (κ2) is 12.3. The Morgan fingerprint density at radius 3 is 2.33 bits per heavy atom. The number of carbonyl (C=O) groups is 2. The third-order valence-corrected chi connectivity index (χ3v) is 6.53. The van der Waals surface area contributed by atoms with Crippen molar-refractivity contribution in [3.8, 4) is 5.75 Å². The van der Waals surface area contributed by atoms with Crippen molar-refractivity contribution < 1.29 is 14.3 Å². The summed E-state index contributed by atoms with van der Waals surface area (Å²) >= 11 is 5.37. The number of benzene rings is 3. The number of nitrogens with zero attached hydrogens (tertiary/aromatic N) is 1. The number of likely N-dealkylation sites (tertiary alicyclic amines) is 1. The standard InChI is InChI=1S/C29H31N3O3S/c1-21-15-18-32(19-16-21)28(34)25-9-5-6-10-26(25)30-29(36)31-27(33)23-11-13-24(14-12-23)35-20-17-22-7-3-2-4-8-22/h2-14,21H,15-20H2,1H3,(H2,30,31,33,36). The van der Waals surface area contributed by atoms with E-state index in [-0.39, 0.29) is 16.9 Å². The first-order valence-electron chi connectivity index (χ1n) is 12.3. The highest BCUT2D eigenvalue weighted by molar-refractivity contribution is 7.80. The molecule has 3 aromatic carbocycles. The van der Waals surface area contributed by atoms with Crippen LogP contribution in [0.15, 0.2) is 78.9 Å². The van der Waals surface area contributed by atoms with Gasteiger partial charge in [-0.05, 0) is 72.9 Å². The van der Waals surface area contributed by atoms with Crippen LogP contribution in [0, 0.1) is 5.92 Å². The van der Waals surface area contributed by atoms with Crippen molar-refractivity contribution in [3.63, 3.8) is 0 Å². The van der Waals surface area contributed by atoms with E-state index < -0.39 is 0 Å². The number of piperidine rings is 1. The maximum atomic E-state index is 13.1. The lowest BCUT2D eigenvalue weighted by Crippen LogP contribution is -2.39. The van der Waals surface area contributed by atoms with Gasteiger partial charge in [-0.3, -0.25) is 14.9 Å². The van der Waals surface area contributed by atoms with Crippen LogP contribution in [0.5, 0.6) is 5.75 Å². The third-order valence-electron chi connectivity index (χ3n) is 6.32. The van der Waals surface area contributed by atoms with Gasteiger partial charge in [0.25, 0.3) is 11.8 Å². The number of amides is 2. The molecule has 0 saturated carbocycles. The molecule has 7 heteroatoms. The minimum Gasteiger partial charge on any atom is -0.493 e. The molecule has 0 spiro atoms. The zero-order valence-electron chi connectivity index (χ0n) is 20.4. The van der Waals surface area contributed by atoms with Gasteiger partial charge >= 0.3 is 0 Å². The van der Waals surface area contributed by atoms with E-state index in [9.17, 15) is 9.59 Å². The van der Waals surface area contributed by atoms with Crippen LogP contribution in [0.25, 0.3) is 0 Å². The number of hydrogen-bond donors (Lipinski definition) is 2. The molecule has 3 aromatic rings. The van der Waals surface area contributed by atoms with Crippen LogP contribution in [-0.2, 0) is 6.42 Å². The van der Waals surface area contributed by atoms with Gasteiger partial charge in [0, 0.05) is 25.1 Å². The minimum atomic E-state index is -0.336. The maximum absolute atomic E-state index is 13.1. The lowest BCUT2D eigenvalue weighted by molar-refractivity contribution is 0.0698. The molecule has 0 atom stereocenters. The molecule has 4 rings (SSSR count). The molecule has 1 aliphatic rings. The molecular formula is C29H31N3O3S. The van der Waals surface area contributed by atoms with E-state index in [0.29, 0.717) is 35.1 Å². The Balaban J connectivity index is 1.30. The van der Waals surface area contributed by atoms with Crippen molar-refractivity contribution >= 4 is 34.8 Å². The summed E-state index contributed by atoms with van der Waals surface area (Å²) in [6.45, 7) is 4.27. The first-order chi connectivity index (χ1) is 17.5. The Morgan fingerprint density at radius 1 is 0.944 bits per heavy atom. The molecule has 1 saturated heterocycles. The Kier molecular flexibility index (Phi) is 8.68. The highest BCUT2D eigenvalue weighted by atomic mass is 32.1. The van der Waals surface area contributed by atoms with Crippen molar-refractivity contribution in [1.29, 1.82) is 0 Å². The number of hydrogen-bond acceptors (Lipinski definition) is 4. The van der Waals surface area contributed by atoms with Gasteiger partial charge in [0.15, 0.2) is 5.11 Å². The average Bonchev–Trinajstić information content (AvgIpc) is 2.90. The largest absolute Gasteiger partial charge is 0.493 e. The monoisotopic (exact) mass is 501 g/mol. The molecule has 0 bridgehead atoms. The molecule has 0 radical (unpaired) electrons. The van der Waals surface area contributed by atoms with Crippen molar-refractivity contribution in [2.45, 2.75) is 26.2 Å². The molecule has 6 nitrogen and oxygen atoms in total. The number of ether oxygens (including phenoxy) is 1. The van der Waals surface area contributed by atoms with Gasteiger partial charge in [-0.1, -0.05) is 49.4 Å². The molecular weight excluding hydrogens is 470 g/mol. The van der Waals surface area contributed by atoms with E-state index in [4.69, 9.17) is 17.0 Å². The van der Waals surface area contributed by atoms with Gasteiger partial charge < -0.3 is 15.0 Å². The quantitative estimate of drug-likeness (QED) is 0.430. The van der Waals surface area contributed by atoms with E-state index in [1.165, 1.54) is 5.56 Å². The summed E-state index contributed by atoms with van der Waals surface area (Å²) < 4.78 is 5.79. The number of para-hydroxylation sites is 1. The van der Waals surface area contributed by atoms with Gasteiger partial charge in [-0.15, -0.1) is 0 Å². The summed E-state index contributed by atoms with van der Waals surface area (Å²) in [5.41, 5.74) is 2.79. The second-order valence-corrected chi connectivity index (χ2v) is 9.45. The first-order valence-corrected chi connectivity index (χ1v) is 12.7. The van der Waals surface area contributed by atoms with Gasteiger partial charge in [-0.25, -0.2) is 0 Å². The van der Waals surface area contributed by atoms with Crippen LogP contribution >= 0.6 is 12.2 Å². The lowest BCUT2D eigenvalue weighted by atomic mass is 9.98. The summed E-state index contributed by atoms with van der Waals surface area (Å²) in [7, 11) is 0. The summed E-state index contributed by atoms with van der Waals surface area (Å²) in [5.74, 6) is 0.974. The van der Waals surface area contributed by atoms with Crippen LogP contribution in [-0.4, -0.2) is 41.5 Å². The molecule has 1 aliphatic heterocycles. The van der Waals surface area contributed by atoms with Crippen molar-refractivity contribution in [2.24, 2.45) is 5.92 Å². The van der Waals surface area contributed by atoms with Crippen molar-refractivity contribution in [3.05, 3.63) is 95.6 Å². The number of rotatable bonds is 7. The van der Waals surface area contributed by atoms with E-state index in [0.717, 1.165) is 32.4 Å². The predicted molar refractivity (Wildman–Crippen MR) is 147 cm³/mol. The summed E-state index contributed by atoms with van der Waals surface area (Å²) in [6, 6.07) is 24.3. The molecule has 36 heavy (non-hydrogen) atoms. The smallest absolute Gasteiger partial charge is 0.257 e. The highest BCUT2D eigenvalue weighted by Gasteiger charge is 2.23. The van der Waals surface area contributed by atoms with Crippen LogP contribution in [0.2, 0.25) is 0 Å². The molecule has 2 amide bonds. The fraction of sp³-hybridized carbons (Fsp3) is 0.276. The zero-order valence-corrected chi connectivity index (χ0v) is 21.2. The average molecular weight is 502 g/mol. The van der Waals surface area contributed by atoms with Gasteiger partial charge in [-0.2, -0.15) is 0 Å². The minimum absolute atomic E-state index is 0.0259. The molecule has 1 heterocycles. The topological polar surface area (TPSA) is 70.7 Å². The van der Waals surface area contributed by atoms with Gasteiger partial charge in [0.1, 0.15) is 5.75 Å². The molecule has 1 fully saturated rings. The Morgan fingerprint density at radius 2 is 1.61 bits per heavy atom. The summed E-state index contributed by atoms with van der Waals surface area (Å²) in [4.78, 5) is 27.7. The Labute approximate surface area is 217 Å². The van der Waals surface area contributed by atoms with E-state index in [1.807, 2.05) is 35.2 Å². The highest BCUT2D eigenvalue weighted by Crippen LogP contribution is 2.22. The number of thiocarbonyl (C=S) groups is 1. The summed E-state index contributed by atoms with van der Waals surface area (Å²) in [6.07, 6.45) is 2.82. The van der Waals surface area contributed by atoms with Crippen LogP contribution < -0.4 is 15.4 Å². The fourth-order valence-electron chi connectivity index (χ4n) is 4.12. The van der Waals surface area contributed by atoms with Crippen molar-refractivity contribution in [2.75, 3.05) is 25.0 Å². The molecule has 0 aromatic heterocycles. The van der Waals surface area contributed by atoms with Crippen LogP contribution in [0.4, 0.5) is 5.69 Å². The van der Waals surface area contributed by atoms with E-state index >= 15 is 0 Å². The van der Waals surface area contributed by atoms with Crippen LogP contribution in [0.3, 0.4) is 0 Å². The Bertz CT molecular complexity index is 1190. The van der Waals surface area contributed by atoms with Gasteiger partial charge in [0.2, 0.25) is 0 Å². The number of nitrogens with one attached hydrogen (secondary N) is 2. The van der Waals surface area contributed by atoms with E-state index in [1.54, 1.807) is 36.4 Å². The SMILES string of the molecule is CC1CCN(C(=O)c2ccccc2NC(=S)NC(=O)c2ccc(OCCc3ccccc3)cc2)CC1. The molecule has 0 aliphatic carbocycles. The predicted octanol–water partition coefficient (Wildman–Crippen LogP) is 5.31.